The zero-order valence-corrected chi connectivity index (χ0v) is 45.3. The summed E-state index contributed by atoms with van der Waals surface area (Å²) in [6, 6.07) is 0. The molecule has 0 amide bonds. The third kappa shape index (κ3) is 21.1. The molecule has 0 aromatic heterocycles. The number of rotatable bonds is 21. The molecule has 0 spiro atoms. The van der Waals surface area contributed by atoms with Gasteiger partial charge in [0, 0.05) is 0 Å². The molecule has 0 aliphatic heterocycles. The van der Waals surface area contributed by atoms with Crippen LogP contribution in [0.3, 0.4) is 0 Å². The van der Waals surface area contributed by atoms with Crippen LogP contribution in [0.15, 0.2) is 0 Å². The Hall–Kier alpha value is 0.532. The van der Waals surface area contributed by atoms with Gasteiger partial charge in [0.1, 0.15) is 0 Å². The summed E-state index contributed by atoms with van der Waals surface area (Å²) in [5.74, 6) is 21.2. The van der Waals surface area contributed by atoms with Crippen LogP contribution in [-0.2, 0) is 17.4 Å². The largest absolute Gasteiger partial charge is 3.00 e. The van der Waals surface area contributed by atoms with Crippen molar-refractivity contribution in [1.29, 1.82) is 0 Å². The van der Waals surface area contributed by atoms with Gasteiger partial charge in [-0.3, -0.25) is 0 Å². The van der Waals surface area contributed by atoms with Crippen molar-refractivity contribution in [2.75, 3.05) is 0 Å². The molecule has 0 rings (SSSR count). The average molecular weight is 812 g/mol. The van der Waals surface area contributed by atoms with Gasteiger partial charge in [0.25, 0.3) is 0 Å². The smallest absolute Gasteiger partial charge is 0.304 e. The Morgan fingerprint density at radius 2 is 0.236 bits per heavy atom. The molecule has 55 heavy (non-hydrogen) atoms. The quantitative estimate of drug-likeness (QED) is 0.101. The summed E-state index contributed by atoms with van der Waals surface area (Å²) < 4.78 is 0. The fraction of sp³-hybridized carbons (Fsp3) is 0.944. The van der Waals surface area contributed by atoms with Crippen LogP contribution in [0.2, 0.25) is 0 Å². The minimum absolute atomic E-state index is 0. The van der Waals surface area contributed by atoms with Gasteiger partial charge < -0.3 is 17.8 Å². The standard InChI is InChI=1S/3C18H37.Cr/c3*1-11(2)16(12(3)4)18(15(9)10)17(13(5)6)14(7)8;/h3*11-17H,1-10H3;/q3*-1;+3. The van der Waals surface area contributed by atoms with Gasteiger partial charge in [-0.25, -0.2) is 0 Å². The molecule has 0 heterocycles. The predicted molar refractivity (Wildman–Crippen MR) is 253 cm³/mol. The Bertz CT molecular complexity index is 644. The maximum Gasteiger partial charge on any atom is 3.00 e. The fourth-order valence-corrected chi connectivity index (χ4v) is 12.2. The summed E-state index contributed by atoms with van der Waals surface area (Å²) in [5.41, 5.74) is 0. The van der Waals surface area contributed by atoms with E-state index in [2.05, 4.69) is 208 Å². The molecule has 0 saturated heterocycles. The summed E-state index contributed by atoms with van der Waals surface area (Å²) in [5, 5.41) is 0. The van der Waals surface area contributed by atoms with Crippen LogP contribution in [0.25, 0.3) is 0 Å². The van der Waals surface area contributed by atoms with Gasteiger partial charge in [0.05, 0.1) is 0 Å². The Morgan fingerprint density at radius 1 is 0.164 bits per heavy atom. The zero-order chi connectivity index (χ0) is 43.9. The molecule has 0 saturated carbocycles. The van der Waals surface area contributed by atoms with E-state index in [1.807, 2.05) is 17.8 Å². The molecule has 1 heteroatoms. The monoisotopic (exact) mass is 812 g/mol. The number of hydrogen-bond donors (Lipinski definition) is 0. The molecule has 0 aromatic carbocycles. The molecule has 0 aromatic rings. The van der Waals surface area contributed by atoms with Gasteiger partial charge >= 0.3 is 17.4 Å². The zero-order valence-electron chi connectivity index (χ0n) is 44.0. The van der Waals surface area contributed by atoms with Crippen LogP contribution < -0.4 is 0 Å². The number of hydrogen-bond acceptors (Lipinski definition) is 0. The topological polar surface area (TPSA) is 0 Å². The SMILES string of the molecule is CC(C)[C-](C(C(C)C)C(C)C)C(C(C)C)C(C)C.CC(C)[C-](C(C(C)C)C(C)C)C(C(C)C)C(C)C.CC(C)[C-](C(C(C)C)C(C)C)C(C(C)C)C(C)C.[Cr+3]. The minimum Gasteiger partial charge on any atom is -0.304 e. The first kappa shape index (κ1) is 62.2. The first-order valence-electron chi connectivity index (χ1n) is 23.9. The van der Waals surface area contributed by atoms with Crippen molar-refractivity contribution in [1.82, 2.24) is 0 Å². The molecule has 0 nitrogen and oxygen atoms in total. The molecule has 0 aliphatic rings. The van der Waals surface area contributed by atoms with Crippen LogP contribution in [0.1, 0.15) is 208 Å². The molecule has 0 aliphatic carbocycles. The Morgan fingerprint density at radius 3 is 0.273 bits per heavy atom. The summed E-state index contributed by atoms with van der Waals surface area (Å²) >= 11 is 0. The van der Waals surface area contributed by atoms with Crippen LogP contribution in [-0.4, -0.2) is 0 Å². The second-order valence-electron chi connectivity index (χ2n) is 23.0. The van der Waals surface area contributed by atoms with Crippen molar-refractivity contribution in [2.45, 2.75) is 208 Å². The fourth-order valence-electron chi connectivity index (χ4n) is 12.2. The van der Waals surface area contributed by atoms with Crippen LogP contribution in [0, 0.1) is 142 Å². The van der Waals surface area contributed by atoms with E-state index in [0.717, 1.165) is 107 Å². The summed E-state index contributed by atoms with van der Waals surface area (Å²) in [4.78, 5) is 0. The van der Waals surface area contributed by atoms with Gasteiger partial charge in [0.2, 0.25) is 0 Å². The van der Waals surface area contributed by atoms with E-state index < -0.39 is 0 Å². The van der Waals surface area contributed by atoms with Gasteiger partial charge in [-0.15, -0.1) is 0 Å². The minimum atomic E-state index is 0. The Kier molecular flexibility index (Phi) is 33.6. The Labute approximate surface area is 365 Å². The van der Waals surface area contributed by atoms with E-state index in [4.69, 9.17) is 0 Å². The maximum atomic E-state index is 2.39. The first-order chi connectivity index (χ1) is 24.3. The van der Waals surface area contributed by atoms with Crippen molar-refractivity contribution in [2.24, 2.45) is 124 Å². The second kappa shape index (κ2) is 29.7. The van der Waals surface area contributed by atoms with E-state index in [-0.39, 0.29) is 17.4 Å². The Balaban J connectivity index is -0.000000351. The van der Waals surface area contributed by atoms with Crippen LogP contribution in [0.4, 0.5) is 0 Å². The molecular weight excluding hydrogens is 701 g/mol. The van der Waals surface area contributed by atoms with Crippen molar-refractivity contribution in [3.8, 4) is 0 Å². The average Bonchev–Trinajstić information content (AvgIpc) is 2.94. The van der Waals surface area contributed by atoms with Gasteiger partial charge in [-0.05, 0) is 0 Å². The van der Waals surface area contributed by atoms with E-state index in [0.29, 0.717) is 17.8 Å². The van der Waals surface area contributed by atoms with Crippen molar-refractivity contribution in [3.05, 3.63) is 17.8 Å². The maximum absolute atomic E-state index is 2.39. The molecular formula is C54H111Cr. The van der Waals surface area contributed by atoms with E-state index in [1.54, 1.807) is 0 Å². The van der Waals surface area contributed by atoms with Gasteiger partial charge in [-0.1, -0.05) is 279 Å². The summed E-state index contributed by atoms with van der Waals surface area (Å²) in [7, 11) is 0. The van der Waals surface area contributed by atoms with E-state index >= 15 is 0 Å². The summed E-state index contributed by atoms with van der Waals surface area (Å²) in [6.07, 6.45) is 0. The molecule has 0 bridgehead atoms. The van der Waals surface area contributed by atoms with E-state index in [1.165, 1.54) is 0 Å². The molecule has 0 unspecified atom stereocenters. The van der Waals surface area contributed by atoms with Gasteiger partial charge in [-0.2, -0.15) is 53.3 Å². The second-order valence-corrected chi connectivity index (χ2v) is 23.0. The van der Waals surface area contributed by atoms with Crippen LogP contribution >= 0.6 is 0 Å². The van der Waals surface area contributed by atoms with Crippen molar-refractivity contribution in [3.63, 3.8) is 0 Å². The molecule has 0 atom stereocenters. The molecule has 0 fully saturated rings. The molecule has 1 radical (unpaired) electrons. The third-order valence-corrected chi connectivity index (χ3v) is 12.9. The summed E-state index contributed by atoms with van der Waals surface area (Å²) in [6.45, 7) is 71.8. The van der Waals surface area contributed by atoms with E-state index in [9.17, 15) is 0 Å². The predicted octanol–water partition coefficient (Wildman–Crippen LogP) is 18.2. The van der Waals surface area contributed by atoms with Crippen molar-refractivity contribution >= 4 is 0 Å². The first-order valence-corrected chi connectivity index (χ1v) is 23.9. The molecule has 0 N–H and O–H groups in total. The molecule has 333 valence electrons. The van der Waals surface area contributed by atoms with Crippen LogP contribution in [0.5, 0.6) is 0 Å². The van der Waals surface area contributed by atoms with Gasteiger partial charge in [0.15, 0.2) is 0 Å². The van der Waals surface area contributed by atoms with Crippen molar-refractivity contribution < 1.29 is 17.4 Å². The third-order valence-electron chi connectivity index (χ3n) is 12.9. The normalized spacial score (nSPS) is 13.4.